The van der Waals surface area contributed by atoms with Crippen molar-refractivity contribution in [1.82, 2.24) is 19.8 Å². The zero-order valence-electron chi connectivity index (χ0n) is 18.6. The number of aromatic amines is 1. The number of fused-ring (bicyclic) bond motifs is 2. The molecule has 0 saturated carbocycles. The van der Waals surface area contributed by atoms with Gasteiger partial charge in [0.1, 0.15) is 18.0 Å². The molecular formula is C26H26N4O2. The Kier molecular flexibility index (Phi) is 5.15. The van der Waals surface area contributed by atoms with Crippen LogP contribution in [0.25, 0.3) is 33.3 Å². The largest absolute Gasteiger partial charge is 0.492 e. The smallest absolute Gasteiger partial charge is 0.253 e. The highest BCUT2D eigenvalue weighted by Gasteiger charge is 2.15. The highest BCUT2D eigenvalue weighted by atomic mass is 16.5. The molecule has 32 heavy (non-hydrogen) atoms. The van der Waals surface area contributed by atoms with Gasteiger partial charge in [-0.15, -0.1) is 0 Å². The first kappa shape index (κ1) is 20.3. The molecule has 3 heterocycles. The molecule has 0 bridgehead atoms. The molecule has 0 fully saturated rings. The second-order valence-corrected chi connectivity index (χ2v) is 8.51. The number of pyridine rings is 1. The van der Waals surface area contributed by atoms with Gasteiger partial charge in [-0.2, -0.15) is 0 Å². The van der Waals surface area contributed by atoms with Gasteiger partial charge in [0.15, 0.2) is 0 Å². The summed E-state index contributed by atoms with van der Waals surface area (Å²) >= 11 is 0. The average Bonchev–Trinajstić information content (AvgIpc) is 3.13. The van der Waals surface area contributed by atoms with Crippen LogP contribution in [0.5, 0.6) is 5.75 Å². The Labute approximate surface area is 187 Å². The average molecular weight is 427 g/mol. The maximum atomic E-state index is 12.2. The standard InChI is InChI=1S/C26H26N4O2/c1-29(2)26(31)18-6-4-17(5-7-18)23-15-28-25-22(23)12-21(14-27-25)19-8-9-20-16-30(3)10-11-32-24(20)13-19/h4-9,12-15H,10-11,16H2,1-3H3,(H,27,28). The molecule has 4 aromatic rings. The summed E-state index contributed by atoms with van der Waals surface area (Å²) in [6.45, 7) is 2.50. The van der Waals surface area contributed by atoms with E-state index in [4.69, 9.17) is 4.74 Å². The van der Waals surface area contributed by atoms with Gasteiger partial charge in [-0.25, -0.2) is 4.98 Å². The van der Waals surface area contributed by atoms with Crippen LogP contribution in [0.4, 0.5) is 0 Å². The number of amides is 1. The van der Waals surface area contributed by atoms with E-state index in [0.29, 0.717) is 12.2 Å². The molecule has 0 saturated heterocycles. The van der Waals surface area contributed by atoms with Gasteiger partial charge in [-0.1, -0.05) is 24.3 Å². The summed E-state index contributed by atoms with van der Waals surface area (Å²) in [4.78, 5) is 24.0. The van der Waals surface area contributed by atoms with Crippen LogP contribution in [-0.4, -0.2) is 60.0 Å². The van der Waals surface area contributed by atoms with Gasteiger partial charge >= 0.3 is 0 Å². The van der Waals surface area contributed by atoms with Crippen LogP contribution < -0.4 is 4.74 Å². The molecular weight excluding hydrogens is 400 g/mol. The number of likely N-dealkylation sites (N-methyl/N-ethyl adjacent to an activating group) is 1. The number of carbonyl (C=O) groups is 1. The van der Waals surface area contributed by atoms with Gasteiger partial charge in [0.2, 0.25) is 0 Å². The summed E-state index contributed by atoms with van der Waals surface area (Å²) in [5.41, 5.74) is 6.95. The third kappa shape index (κ3) is 3.74. The number of hydrogen-bond donors (Lipinski definition) is 1. The molecule has 0 aliphatic carbocycles. The maximum absolute atomic E-state index is 12.2. The van der Waals surface area contributed by atoms with Gasteiger partial charge < -0.3 is 14.6 Å². The Morgan fingerprint density at radius 3 is 2.62 bits per heavy atom. The molecule has 2 aromatic carbocycles. The molecule has 0 spiro atoms. The second kappa shape index (κ2) is 8.13. The van der Waals surface area contributed by atoms with E-state index in [1.54, 1.807) is 19.0 Å². The fourth-order valence-electron chi connectivity index (χ4n) is 4.13. The molecule has 162 valence electrons. The van der Waals surface area contributed by atoms with Crippen molar-refractivity contribution in [2.24, 2.45) is 0 Å². The van der Waals surface area contributed by atoms with Crippen LogP contribution in [0, 0.1) is 0 Å². The second-order valence-electron chi connectivity index (χ2n) is 8.51. The van der Waals surface area contributed by atoms with E-state index in [-0.39, 0.29) is 5.91 Å². The molecule has 0 atom stereocenters. The Morgan fingerprint density at radius 2 is 1.84 bits per heavy atom. The zero-order chi connectivity index (χ0) is 22.2. The van der Waals surface area contributed by atoms with E-state index >= 15 is 0 Å². The van der Waals surface area contributed by atoms with Crippen molar-refractivity contribution < 1.29 is 9.53 Å². The van der Waals surface area contributed by atoms with E-state index in [0.717, 1.165) is 52.1 Å². The third-order valence-electron chi connectivity index (χ3n) is 5.95. The van der Waals surface area contributed by atoms with Crippen molar-refractivity contribution in [3.05, 3.63) is 72.1 Å². The third-order valence-corrected chi connectivity index (χ3v) is 5.95. The number of ether oxygens (including phenoxy) is 1. The van der Waals surface area contributed by atoms with Crippen molar-refractivity contribution in [2.75, 3.05) is 34.3 Å². The van der Waals surface area contributed by atoms with Crippen LogP contribution in [0.2, 0.25) is 0 Å². The van der Waals surface area contributed by atoms with E-state index in [1.807, 2.05) is 36.7 Å². The number of nitrogens with one attached hydrogen (secondary N) is 1. The fourth-order valence-corrected chi connectivity index (χ4v) is 4.13. The Balaban J connectivity index is 1.51. The summed E-state index contributed by atoms with van der Waals surface area (Å²) in [7, 11) is 5.63. The van der Waals surface area contributed by atoms with Gasteiger partial charge in [0, 0.05) is 67.2 Å². The van der Waals surface area contributed by atoms with Crippen LogP contribution in [-0.2, 0) is 6.54 Å². The summed E-state index contributed by atoms with van der Waals surface area (Å²) in [6.07, 6.45) is 3.87. The lowest BCUT2D eigenvalue weighted by Gasteiger charge is -2.12. The lowest BCUT2D eigenvalue weighted by molar-refractivity contribution is 0.0827. The van der Waals surface area contributed by atoms with E-state index in [1.165, 1.54) is 5.56 Å². The number of H-pyrrole nitrogens is 1. The van der Waals surface area contributed by atoms with Gasteiger partial charge in [0.25, 0.3) is 5.91 Å². The summed E-state index contributed by atoms with van der Waals surface area (Å²) in [5.74, 6) is 0.943. The first-order chi connectivity index (χ1) is 15.5. The van der Waals surface area contributed by atoms with E-state index < -0.39 is 0 Å². The molecule has 1 aliphatic rings. The fraction of sp³-hybridized carbons (Fsp3) is 0.231. The molecule has 5 rings (SSSR count). The number of nitrogens with zero attached hydrogens (tertiary/aromatic N) is 3. The lowest BCUT2D eigenvalue weighted by atomic mass is 10.00. The number of aromatic nitrogens is 2. The van der Waals surface area contributed by atoms with Gasteiger partial charge in [0.05, 0.1) is 0 Å². The number of rotatable bonds is 3. The molecule has 6 nitrogen and oxygen atoms in total. The first-order valence-corrected chi connectivity index (χ1v) is 10.7. The van der Waals surface area contributed by atoms with Crippen molar-refractivity contribution in [2.45, 2.75) is 6.54 Å². The molecule has 1 amide bonds. The molecule has 6 heteroatoms. The first-order valence-electron chi connectivity index (χ1n) is 10.7. The van der Waals surface area contributed by atoms with Crippen LogP contribution in [0.1, 0.15) is 15.9 Å². The molecule has 1 N–H and O–H groups in total. The monoisotopic (exact) mass is 426 g/mol. The number of benzene rings is 2. The Bertz CT molecular complexity index is 1290. The SMILES string of the molecule is CN1CCOc2cc(-c3cnc4[nH]cc(-c5ccc(C(=O)N(C)C)cc5)c4c3)ccc2C1. The van der Waals surface area contributed by atoms with Crippen LogP contribution >= 0.6 is 0 Å². The van der Waals surface area contributed by atoms with Gasteiger partial charge in [-0.05, 0) is 42.4 Å². The lowest BCUT2D eigenvalue weighted by Crippen LogP contribution is -2.21. The number of hydrogen-bond acceptors (Lipinski definition) is 4. The Morgan fingerprint density at radius 1 is 1.06 bits per heavy atom. The molecule has 1 aliphatic heterocycles. The topological polar surface area (TPSA) is 61.5 Å². The summed E-state index contributed by atoms with van der Waals surface area (Å²) in [5, 5.41) is 1.05. The minimum Gasteiger partial charge on any atom is -0.492 e. The zero-order valence-corrected chi connectivity index (χ0v) is 18.6. The van der Waals surface area contributed by atoms with Crippen molar-refractivity contribution in [1.29, 1.82) is 0 Å². The van der Waals surface area contributed by atoms with Gasteiger partial charge in [-0.3, -0.25) is 9.69 Å². The molecule has 0 radical (unpaired) electrons. The van der Waals surface area contributed by atoms with Crippen LogP contribution in [0.15, 0.2) is 60.9 Å². The highest BCUT2D eigenvalue weighted by Crippen LogP contribution is 2.33. The Hall–Kier alpha value is -3.64. The van der Waals surface area contributed by atoms with E-state index in [9.17, 15) is 4.79 Å². The maximum Gasteiger partial charge on any atom is 0.253 e. The number of carbonyl (C=O) groups excluding carboxylic acids is 1. The minimum absolute atomic E-state index is 0.00366. The minimum atomic E-state index is -0.00366. The van der Waals surface area contributed by atoms with Crippen LogP contribution in [0.3, 0.4) is 0 Å². The summed E-state index contributed by atoms with van der Waals surface area (Å²) in [6, 6.07) is 16.3. The quantitative estimate of drug-likeness (QED) is 0.527. The molecule has 2 aromatic heterocycles. The predicted molar refractivity (Wildman–Crippen MR) is 127 cm³/mol. The highest BCUT2D eigenvalue weighted by molar-refractivity contribution is 5.98. The van der Waals surface area contributed by atoms with E-state index in [2.05, 4.69) is 46.2 Å². The summed E-state index contributed by atoms with van der Waals surface area (Å²) < 4.78 is 5.99. The predicted octanol–water partition coefficient (Wildman–Crippen LogP) is 4.42. The van der Waals surface area contributed by atoms with Crippen molar-refractivity contribution in [3.8, 4) is 28.0 Å². The van der Waals surface area contributed by atoms with Crippen molar-refractivity contribution >= 4 is 16.9 Å². The molecule has 0 unspecified atom stereocenters. The normalized spacial score (nSPS) is 14.0. The van der Waals surface area contributed by atoms with Crippen molar-refractivity contribution in [3.63, 3.8) is 0 Å².